The van der Waals surface area contributed by atoms with Crippen LogP contribution in [0.3, 0.4) is 0 Å². The van der Waals surface area contributed by atoms with E-state index < -0.39 is 0 Å². The summed E-state index contributed by atoms with van der Waals surface area (Å²) in [5, 5.41) is 13.5. The van der Waals surface area contributed by atoms with Crippen molar-refractivity contribution in [1.82, 2.24) is 0 Å². The van der Waals surface area contributed by atoms with Crippen LogP contribution in [0.5, 0.6) is 0 Å². The van der Waals surface area contributed by atoms with Gasteiger partial charge in [0.2, 0.25) is 0 Å². The van der Waals surface area contributed by atoms with Crippen molar-refractivity contribution >= 4 is 12.2 Å². The standard InChI is InChI=1S/C4H8N4/c1-4(7-3-5)8-6-2/h3,5H,1-2H3/b5-3?,7-4-,8-6-. The molecule has 4 nitrogen and oxygen atoms in total. The molecule has 0 aliphatic rings. The van der Waals surface area contributed by atoms with Gasteiger partial charge in [0.15, 0.2) is 0 Å². The van der Waals surface area contributed by atoms with Gasteiger partial charge in [0, 0.05) is 7.05 Å². The molecule has 0 aromatic heterocycles. The van der Waals surface area contributed by atoms with Gasteiger partial charge in [-0.3, -0.25) is 5.41 Å². The molecule has 8 heavy (non-hydrogen) atoms. The van der Waals surface area contributed by atoms with Crippen molar-refractivity contribution in [1.29, 1.82) is 5.41 Å². The Hall–Kier alpha value is -1.06. The molecule has 0 saturated carbocycles. The number of hydrogen-bond donors (Lipinski definition) is 1. The van der Waals surface area contributed by atoms with Crippen LogP contribution in [0, 0.1) is 5.41 Å². The Labute approximate surface area is 47.9 Å². The van der Waals surface area contributed by atoms with Crippen molar-refractivity contribution in [2.75, 3.05) is 7.05 Å². The molecule has 44 valence electrons. The highest BCUT2D eigenvalue weighted by molar-refractivity contribution is 5.86. The van der Waals surface area contributed by atoms with Crippen LogP contribution in [0.1, 0.15) is 6.92 Å². The third-order valence-corrected chi connectivity index (χ3v) is 0.496. The van der Waals surface area contributed by atoms with Crippen molar-refractivity contribution < 1.29 is 0 Å². The van der Waals surface area contributed by atoms with Crippen LogP contribution in [-0.4, -0.2) is 19.2 Å². The largest absolute Gasteiger partial charge is 0.289 e. The highest BCUT2D eigenvalue weighted by Crippen LogP contribution is 1.76. The third kappa shape index (κ3) is 3.14. The Balaban J connectivity index is 3.79. The van der Waals surface area contributed by atoms with E-state index in [0.29, 0.717) is 5.84 Å². The second kappa shape index (κ2) is 4.11. The van der Waals surface area contributed by atoms with E-state index in [9.17, 15) is 0 Å². The first-order valence-electron chi connectivity index (χ1n) is 2.14. The molecule has 4 heteroatoms. The SMILES string of the molecule is C/N=N\C(C)=N/C=N. The molecule has 0 atom stereocenters. The van der Waals surface area contributed by atoms with Gasteiger partial charge in [0.05, 0.1) is 0 Å². The van der Waals surface area contributed by atoms with E-state index in [1.807, 2.05) is 0 Å². The minimum absolute atomic E-state index is 0.502. The number of nitrogens with zero attached hydrogens (tertiary/aromatic N) is 3. The Bertz CT molecular complexity index is 124. The monoisotopic (exact) mass is 112 g/mol. The maximum atomic E-state index is 6.50. The Kier molecular flexibility index (Phi) is 3.56. The van der Waals surface area contributed by atoms with Gasteiger partial charge < -0.3 is 0 Å². The van der Waals surface area contributed by atoms with Gasteiger partial charge in [-0.05, 0) is 6.92 Å². The molecule has 0 rings (SSSR count). The Morgan fingerprint density at radius 2 is 2.25 bits per heavy atom. The molecule has 0 aliphatic carbocycles. The summed E-state index contributed by atoms with van der Waals surface area (Å²) in [4.78, 5) is 3.51. The lowest BCUT2D eigenvalue weighted by molar-refractivity contribution is 1.19. The molecular weight excluding hydrogens is 104 g/mol. The lowest BCUT2D eigenvalue weighted by atomic mass is 10.7. The van der Waals surface area contributed by atoms with Gasteiger partial charge in [0.1, 0.15) is 12.2 Å². The molecule has 1 N–H and O–H groups in total. The third-order valence-electron chi connectivity index (χ3n) is 0.496. The van der Waals surface area contributed by atoms with E-state index in [1.165, 1.54) is 0 Å². The van der Waals surface area contributed by atoms with Crippen LogP contribution in [-0.2, 0) is 0 Å². The van der Waals surface area contributed by atoms with Gasteiger partial charge in [0.25, 0.3) is 0 Å². The van der Waals surface area contributed by atoms with E-state index in [-0.39, 0.29) is 0 Å². The van der Waals surface area contributed by atoms with Crippen LogP contribution in [0.4, 0.5) is 0 Å². The van der Waals surface area contributed by atoms with Crippen molar-refractivity contribution in [2.24, 2.45) is 15.2 Å². The first-order chi connectivity index (χ1) is 3.81. The van der Waals surface area contributed by atoms with Crippen LogP contribution in [0.2, 0.25) is 0 Å². The lowest BCUT2D eigenvalue weighted by Gasteiger charge is -1.79. The number of azo groups is 1. The molecule has 0 fully saturated rings. The molecule has 0 bridgehead atoms. The van der Waals surface area contributed by atoms with Crippen molar-refractivity contribution in [3.05, 3.63) is 0 Å². The summed E-state index contributed by atoms with van der Waals surface area (Å²) in [7, 11) is 1.56. The number of rotatable bonds is 1. The van der Waals surface area contributed by atoms with Gasteiger partial charge in [-0.15, -0.1) is 5.11 Å². The maximum absolute atomic E-state index is 6.50. The van der Waals surface area contributed by atoms with E-state index in [4.69, 9.17) is 5.41 Å². The number of nitrogens with one attached hydrogen (secondary N) is 1. The molecule has 0 aromatic carbocycles. The first kappa shape index (κ1) is 6.94. The molecular formula is C4H8N4. The van der Waals surface area contributed by atoms with Crippen LogP contribution >= 0.6 is 0 Å². The molecule has 0 aliphatic heterocycles. The average Bonchev–Trinajstić information content (AvgIpc) is 1.68. The summed E-state index contributed by atoms with van der Waals surface area (Å²) < 4.78 is 0. The fourth-order valence-corrected chi connectivity index (χ4v) is 0.264. The number of amidine groups is 1. The van der Waals surface area contributed by atoms with Crippen molar-refractivity contribution in [3.8, 4) is 0 Å². The average molecular weight is 112 g/mol. The van der Waals surface area contributed by atoms with Gasteiger partial charge in [-0.2, -0.15) is 5.11 Å². The molecule has 0 unspecified atom stereocenters. The molecule has 0 heterocycles. The molecule has 0 radical (unpaired) electrons. The summed E-state index contributed by atoms with van der Waals surface area (Å²) in [5.41, 5.74) is 0. The Morgan fingerprint density at radius 3 is 2.62 bits per heavy atom. The zero-order chi connectivity index (χ0) is 6.41. The molecule has 0 saturated heterocycles. The zero-order valence-electron chi connectivity index (χ0n) is 4.92. The highest BCUT2D eigenvalue weighted by atomic mass is 15.1. The summed E-state index contributed by atoms with van der Waals surface area (Å²) >= 11 is 0. The fraction of sp³-hybridized carbons (Fsp3) is 0.500. The number of hydrogen-bond acceptors (Lipinski definition) is 2. The quantitative estimate of drug-likeness (QED) is 0.300. The van der Waals surface area contributed by atoms with Crippen molar-refractivity contribution in [3.63, 3.8) is 0 Å². The first-order valence-corrected chi connectivity index (χ1v) is 2.14. The van der Waals surface area contributed by atoms with E-state index >= 15 is 0 Å². The minimum Gasteiger partial charge on any atom is -0.289 e. The highest BCUT2D eigenvalue weighted by Gasteiger charge is 1.76. The predicted molar refractivity (Wildman–Crippen MR) is 32.7 cm³/mol. The molecule has 0 amide bonds. The van der Waals surface area contributed by atoms with Crippen LogP contribution in [0.15, 0.2) is 15.2 Å². The second-order valence-electron chi connectivity index (χ2n) is 1.11. The summed E-state index contributed by atoms with van der Waals surface area (Å²) in [6.07, 6.45) is 0.935. The van der Waals surface area contributed by atoms with E-state index in [2.05, 4.69) is 15.2 Å². The second-order valence-corrected chi connectivity index (χ2v) is 1.11. The van der Waals surface area contributed by atoms with Crippen LogP contribution < -0.4 is 0 Å². The van der Waals surface area contributed by atoms with Crippen molar-refractivity contribution in [2.45, 2.75) is 6.92 Å². The predicted octanol–water partition coefficient (Wildman–Crippen LogP) is 1.09. The summed E-state index contributed by atoms with van der Waals surface area (Å²) in [5.74, 6) is 0.502. The number of aliphatic imine (C=N–C) groups is 1. The normalized spacial score (nSPS) is 12.5. The van der Waals surface area contributed by atoms with Gasteiger partial charge >= 0.3 is 0 Å². The Morgan fingerprint density at radius 1 is 1.62 bits per heavy atom. The molecule has 0 aromatic rings. The minimum atomic E-state index is 0.502. The zero-order valence-corrected chi connectivity index (χ0v) is 4.92. The molecule has 0 spiro atoms. The summed E-state index contributed by atoms with van der Waals surface area (Å²) in [6.45, 7) is 1.68. The van der Waals surface area contributed by atoms with Gasteiger partial charge in [-0.25, -0.2) is 4.99 Å². The summed E-state index contributed by atoms with van der Waals surface area (Å²) in [6, 6.07) is 0. The topological polar surface area (TPSA) is 60.9 Å². The van der Waals surface area contributed by atoms with E-state index in [0.717, 1.165) is 6.34 Å². The maximum Gasteiger partial charge on any atom is 0.149 e. The van der Waals surface area contributed by atoms with Gasteiger partial charge in [-0.1, -0.05) is 0 Å². The lowest BCUT2D eigenvalue weighted by Crippen LogP contribution is -1.81. The van der Waals surface area contributed by atoms with E-state index in [1.54, 1.807) is 14.0 Å². The van der Waals surface area contributed by atoms with Crippen LogP contribution in [0.25, 0.3) is 0 Å². The fourth-order valence-electron chi connectivity index (χ4n) is 0.264. The smallest absolute Gasteiger partial charge is 0.149 e.